The number of anilines is 3. The molecule has 7 rings (SSSR count). The van der Waals surface area contributed by atoms with Gasteiger partial charge in [-0.25, -0.2) is 0 Å². The lowest BCUT2D eigenvalue weighted by molar-refractivity contribution is -0.119. The van der Waals surface area contributed by atoms with Crippen LogP contribution in [0.2, 0.25) is 0 Å². The molecule has 6 aliphatic rings. The average Bonchev–Trinajstić information content (AvgIpc) is 3.71. The van der Waals surface area contributed by atoms with E-state index in [1.54, 1.807) is 0 Å². The Morgan fingerprint density at radius 1 is 0.513 bits per heavy atom. The Morgan fingerprint density at radius 2 is 0.769 bits per heavy atom. The summed E-state index contributed by atoms with van der Waals surface area (Å²) in [6.07, 6.45) is 19.8. The van der Waals surface area contributed by atoms with E-state index < -0.39 is 0 Å². The first-order valence-electron chi connectivity index (χ1n) is 15.8. The van der Waals surface area contributed by atoms with Gasteiger partial charge < -0.3 is 16.0 Å². The zero-order valence-electron chi connectivity index (χ0n) is 23.4. The number of rotatable bonds is 9. The van der Waals surface area contributed by atoms with Gasteiger partial charge in [-0.3, -0.25) is 14.4 Å². The summed E-state index contributed by atoms with van der Waals surface area (Å²) in [4.78, 5) is 39.5. The van der Waals surface area contributed by atoms with Crippen molar-refractivity contribution in [2.24, 2.45) is 34.0 Å². The second-order valence-electron chi connectivity index (χ2n) is 14.9. The highest BCUT2D eigenvalue weighted by molar-refractivity contribution is 5.98. The van der Waals surface area contributed by atoms with E-state index in [1.807, 2.05) is 18.2 Å². The minimum atomic E-state index is 0.0435. The highest BCUT2D eigenvalue weighted by Gasteiger charge is 2.47. The fraction of sp³-hybridized carbons (Fsp3) is 0.727. The lowest BCUT2D eigenvalue weighted by Crippen LogP contribution is -2.25. The minimum absolute atomic E-state index is 0.0435. The molecule has 1 aromatic carbocycles. The van der Waals surface area contributed by atoms with Crippen LogP contribution < -0.4 is 16.0 Å². The normalized spacial score (nSPS) is 37.4. The number of hydrogen-bond donors (Lipinski definition) is 3. The Balaban J connectivity index is 1.05. The van der Waals surface area contributed by atoms with Gasteiger partial charge in [0.05, 0.1) is 0 Å². The third-order valence-corrected chi connectivity index (χ3v) is 12.1. The molecule has 39 heavy (non-hydrogen) atoms. The Morgan fingerprint density at radius 3 is 0.974 bits per heavy atom. The van der Waals surface area contributed by atoms with E-state index in [1.165, 1.54) is 57.8 Å². The predicted molar refractivity (Wildman–Crippen MR) is 153 cm³/mol. The topological polar surface area (TPSA) is 87.3 Å². The van der Waals surface area contributed by atoms with Gasteiger partial charge in [0.15, 0.2) is 0 Å². The van der Waals surface area contributed by atoms with Crippen LogP contribution in [0, 0.1) is 34.0 Å². The van der Waals surface area contributed by atoms with Crippen molar-refractivity contribution in [2.45, 2.75) is 116 Å². The maximum absolute atomic E-state index is 13.2. The van der Waals surface area contributed by atoms with E-state index >= 15 is 0 Å². The van der Waals surface area contributed by atoms with Crippen molar-refractivity contribution >= 4 is 34.8 Å². The van der Waals surface area contributed by atoms with Crippen LogP contribution in [-0.2, 0) is 14.4 Å². The number of fused-ring (bicyclic) bond motifs is 6. The van der Waals surface area contributed by atoms with E-state index in [4.69, 9.17) is 0 Å². The van der Waals surface area contributed by atoms with Crippen LogP contribution in [0.15, 0.2) is 18.2 Å². The van der Waals surface area contributed by atoms with E-state index in [0.29, 0.717) is 36.3 Å². The van der Waals surface area contributed by atoms with E-state index in [-0.39, 0.29) is 34.0 Å². The smallest absolute Gasteiger partial charge is 0.224 e. The molecule has 0 aromatic heterocycles. The molecule has 0 saturated heterocycles. The van der Waals surface area contributed by atoms with Crippen LogP contribution >= 0.6 is 0 Å². The van der Waals surface area contributed by atoms with E-state index in [2.05, 4.69) is 16.0 Å². The summed E-state index contributed by atoms with van der Waals surface area (Å²) in [5, 5.41) is 9.39. The van der Waals surface area contributed by atoms with Crippen molar-refractivity contribution in [1.82, 2.24) is 0 Å². The molecule has 6 heteroatoms. The van der Waals surface area contributed by atoms with Crippen LogP contribution in [0.1, 0.15) is 116 Å². The summed E-state index contributed by atoms with van der Waals surface area (Å²) in [7, 11) is 0. The third kappa shape index (κ3) is 5.25. The molecule has 0 unspecified atom stereocenters. The molecule has 6 saturated carbocycles. The Bertz CT molecular complexity index is 996. The highest BCUT2D eigenvalue weighted by Crippen LogP contribution is 2.58. The highest BCUT2D eigenvalue weighted by atomic mass is 16.2. The van der Waals surface area contributed by atoms with Crippen LogP contribution in [0.4, 0.5) is 17.1 Å². The van der Waals surface area contributed by atoms with Crippen LogP contribution in [0.3, 0.4) is 0 Å². The minimum Gasteiger partial charge on any atom is -0.326 e. The Kier molecular flexibility index (Phi) is 6.31. The molecule has 0 spiro atoms. The molecule has 3 N–H and O–H groups in total. The summed E-state index contributed by atoms with van der Waals surface area (Å²) in [5.74, 6) is 2.55. The van der Waals surface area contributed by atoms with Crippen LogP contribution in [-0.4, -0.2) is 17.7 Å². The second-order valence-corrected chi connectivity index (χ2v) is 14.9. The SMILES string of the molecule is O=C(CC12CCC(CC1)C2)Nc1cc(NC(=O)CC23CCC(CC2)C3)cc(NC(=O)CC23CCC(CC2)C3)c1. The van der Waals surface area contributed by atoms with Gasteiger partial charge >= 0.3 is 0 Å². The summed E-state index contributed by atoms with van der Waals surface area (Å²) < 4.78 is 0. The lowest BCUT2D eigenvalue weighted by atomic mass is 9.81. The van der Waals surface area contributed by atoms with Crippen molar-refractivity contribution in [3.63, 3.8) is 0 Å². The average molecular weight is 532 g/mol. The molecule has 1 aromatic rings. The number of carbonyl (C=O) groups excluding carboxylic acids is 3. The molecule has 0 heterocycles. The summed E-state index contributed by atoms with van der Waals surface area (Å²) in [6, 6.07) is 5.57. The maximum atomic E-state index is 13.2. The number of benzene rings is 1. The number of nitrogens with one attached hydrogen (secondary N) is 3. The fourth-order valence-electron chi connectivity index (χ4n) is 10.2. The molecule has 0 atom stereocenters. The zero-order chi connectivity index (χ0) is 26.7. The molecule has 6 nitrogen and oxygen atoms in total. The standard InChI is InChI=1S/C33H45N3O3/c37-28(19-31-7-1-22(16-31)2-8-31)34-25-13-26(35-29(38)20-32-9-3-23(17-32)4-10-32)15-27(14-25)36-30(39)21-33-11-5-24(18-33)6-12-33/h13-15,22-24H,1-12,16-21H2,(H,34,37)(H,35,38)(H,36,39). The van der Waals surface area contributed by atoms with Gasteiger partial charge in [-0.1, -0.05) is 0 Å². The summed E-state index contributed by atoms with van der Waals surface area (Å²) >= 11 is 0. The molecule has 0 aliphatic heterocycles. The van der Waals surface area contributed by atoms with Crippen molar-refractivity contribution in [1.29, 1.82) is 0 Å². The quantitative estimate of drug-likeness (QED) is 0.310. The van der Waals surface area contributed by atoms with E-state index in [0.717, 1.165) is 56.3 Å². The molecule has 3 amide bonds. The molecular weight excluding hydrogens is 486 g/mol. The zero-order valence-corrected chi connectivity index (χ0v) is 23.4. The monoisotopic (exact) mass is 531 g/mol. The maximum Gasteiger partial charge on any atom is 0.224 e. The first-order valence-corrected chi connectivity index (χ1v) is 15.8. The molecule has 210 valence electrons. The van der Waals surface area contributed by atoms with Gasteiger partial charge in [-0.15, -0.1) is 0 Å². The van der Waals surface area contributed by atoms with Gasteiger partial charge in [0.2, 0.25) is 17.7 Å². The summed E-state index contributed by atoms with van der Waals surface area (Å²) in [5.41, 5.74) is 2.48. The number of amides is 3. The van der Waals surface area contributed by atoms with Crippen LogP contribution in [0.5, 0.6) is 0 Å². The van der Waals surface area contributed by atoms with Crippen molar-refractivity contribution in [2.75, 3.05) is 16.0 Å². The molecule has 0 radical (unpaired) electrons. The van der Waals surface area contributed by atoms with Gasteiger partial charge in [0, 0.05) is 36.3 Å². The first-order chi connectivity index (χ1) is 18.8. The third-order valence-electron chi connectivity index (χ3n) is 12.1. The van der Waals surface area contributed by atoms with Gasteiger partial charge in [0.1, 0.15) is 0 Å². The first kappa shape index (κ1) is 25.6. The lowest BCUT2D eigenvalue weighted by Gasteiger charge is -2.26. The predicted octanol–water partition coefficient (Wildman–Crippen LogP) is 7.41. The van der Waals surface area contributed by atoms with Crippen molar-refractivity contribution < 1.29 is 14.4 Å². The van der Waals surface area contributed by atoms with Crippen molar-refractivity contribution in [3.8, 4) is 0 Å². The van der Waals surface area contributed by atoms with Crippen LogP contribution in [0.25, 0.3) is 0 Å². The Labute approximate surface area is 232 Å². The molecule has 6 fully saturated rings. The second kappa shape index (κ2) is 9.62. The van der Waals surface area contributed by atoms with Crippen molar-refractivity contribution in [3.05, 3.63) is 18.2 Å². The fourth-order valence-corrected chi connectivity index (χ4v) is 10.2. The number of hydrogen-bond acceptors (Lipinski definition) is 3. The van der Waals surface area contributed by atoms with E-state index in [9.17, 15) is 14.4 Å². The molecule has 6 aliphatic carbocycles. The molecule has 6 bridgehead atoms. The van der Waals surface area contributed by atoms with Gasteiger partial charge in [0.25, 0.3) is 0 Å². The Hall–Kier alpha value is -2.37. The largest absolute Gasteiger partial charge is 0.326 e. The number of carbonyl (C=O) groups is 3. The van der Waals surface area contributed by atoms with Gasteiger partial charge in [-0.2, -0.15) is 0 Å². The van der Waals surface area contributed by atoms with Gasteiger partial charge in [-0.05, 0) is 149 Å². The summed E-state index contributed by atoms with van der Waals surface area (Å²) in [6.45, 7) is 0. The molecular formula is C33H45N3O3.